The molecule has 1 heterocycles. The van der Waals surface area contributed by atoms with Crippen molar-refractivity contribution in [3.05, 3.63) is 65.5 Å². The van der Waals surface area contributed by atoms with Gasteiger partial charge in [0, 0.05) is 11.6 Å². The van der Waals surface area contributed by atoms with Gasteiger partial charge in [-0.2, -0.15) is 5.10 Å². The van der Waals surface area contributed by atoms with E-state index in [-0.39, 0.29) is 5.82 Å². The molecular weight excluding hydrogens is 265 g/mol. The smallest absolute Gasteiger partial charge is 0.127 e. The second-order valence-corrected chi connectivity index (χ2v) is 5.11. The molecule has 0 unspecified atom stereocenters. The van der Waals surface area contributed by atoms with Crippen LogP contribution in [0.1, 0.15) is 11.1 Å². The molecule has 0 spiro atoms. The van der Waals surface area contributed by atoms with Gasteiger partial charge in [0.05, 0.1) is 11.4 Å². The Balaban J connectivity index is 2.12. The molecule has 0 saturated carbocycles. The standard InChI is InChI=1S/C17H16FN3/c1-11-5-3-4-6-16(11)21-17(19)10-15(20-21)14-8-7-13(18)9-12(14)2/h3-10H,19H2,1-2H3. The van der Waals surface area contributed by atoms with Gasteiger partial charge in [0.1, 0.15) is 11.6 Å². The molecule has 106 valence electrons. The molecule has 2 N–H and O–H groups in total. The van der Waals surface area contributed by atoms with Crippen LogP contribution in [-0.2, 0) is 0 Å². The first-order chi connectivity index (χ1) is 10.1. The molecule has 3 rings (SSSR count). The number of hydrogen-bond donors (Lipinski definition) is 1. The molecule has 3 nitrogen and oxygen atoms in total. The van der Waals surface area contributed by atoms with Crippen LogP contribution in [0, 0.1) is 19.7 Å². The van der Waals surface area contributed by atoms with E-state index >= 15 is 0 Å². The summed E-state index contributed by atoms with van der Waals surface area (Å²) in [7, 11) is 0. The molecular formula is C17H16FN3. The molecule has 2 aromatic carbocycles. The summed E-state index contributed by atoms with van der Waals surface area (Å²) in [5, 5.41) is 4.57. The highest BCUT2D eigenvalue weighted by atomic mass is 19.1. The summed E-state index contributed by atoms with van der Waals surface area (Å²) in [5.74, 6) is 0.311. The Labute approximate surface area is 122 Å². The Kier molecular flexibility index (Phi) is 3.22. The molecule has 0 aliphatic carbocycles. The SMILES string of the molecule is Cc1cc(F)ccc1-c1cc(N)n(-c2ccccc2C)n1. The van der Waals surface area contributed by atoms with Gasteiger partial charge in [-0.15, -0.1) is 0 Å². The maximum atomic E-state index is 13.2. The molecule has 0 aliphatic rings. The molecule has 0 radical (unpaired) electrons. The molecule has 0 bridgehead atoms. The zero-order valence-corrected chi connectivity index (χ0v) is 12.0. The van der Waals surface area contributed by atoms with Gasteiger partial charge in [-0.3, -0.25) is 0 Å². The van der Waals surface area contributed by atoms with Crippen molar-refractivity contribution in [2.24, 2.45) is 0 Å². The molecule has 0 amide bonds. The van der Waals surface area contributed by atoms with Crippen LogP contribution in [0.25, 0.3) is 16.9 Å². The zero-order chi connectivity index (χ0) is 15.0. The largest absolute Gasteiger partial charge is 0.384 e. The summed E-state index contributed by atoms with van der Waals surface area (Å²) in [6.07, 6.45) is 0. The predicted molar refractivity (Wildman–Crippen MR) is 82.8 cm³/mol. The van der Waals surface area contributed by atoms with Gasteiger partial charge in [0.2, 0.25) is 0 Å². The van der Waals surface area contributed by atoms with Crippen LogP contribution in [0.4, 0.5) is 10.2 Å². The topological polar surface area (TPSA) is 43.8 Å². The Hall–Kier alpha value is -2.62. The van der Waals surface area contributed by atoms with Crippen molar-refractivity contribution in [3.8, 4) is 16.9 Å². The van der Waals surface area contributed by atoms with Crippen molar-refractivity contribution >= 4 is 5.82 Å². The van der Waals surface area contributed by atoms with Crippen LogP contribution < -0.4 is 5.73 Å². The first-order valence-electron chi connectivity index (χ1n) is 6.74. The molecule has 3 aromatic rings. The molecule has 21 heavy (non-hydrogen) atoms. The van der Waals surface area contributed by atoms with Gasteiger partial charge in [-0.05, 0) is 49.2 Å². The lowest BCUT2D eigenvalue weighted by atomic mass is 10.1. The average Bonchev–Trinajstić information content (AvgIpc) is 2.81. The monoisotopic (exact) mass is 281 g/mol. The Morgan fingerprint density at radius 1 is 1.00 bits per heavy atom. The number of para-hydroxylation sites is 1. The minimum absolute atomic E-state index is 0.248. The number of rotatable bonds is 2. The number of hydrogen-bond acceptors (Lipinski definition) is 2. The second-order valence-electron chi connectivity index (χ2n) is 5.11. The molecule has 0 fully saturated rings. The van der Waals surface area contributed by atoms with Crippen LogP contribution in [0.2, 0.25) is 0 Å². The number of nitrogens with two attached hydrogens (primary N) is 1. The van der Waals surface area contributed by atoms with Crippen molar-refractivity contribution in [1.82, 2.24) is 9.78 Å². The van der Waals surface area contributed by atoms with Crippen molar-refractivity contribution in [3.63, 3.8) is 0 Å². The summed E-state index contributed by atoms with van der Waals surface area (Å²) >= 11 is 0. The summed E-state index contributed by atoms with van der Waals surface area (Å²) in [4.78, 5) is 0. The maximum absolute atomic E-state index is 13.2. The van der Waals surface area contributed by atoms with Gasteiger partial charge >= 0.3 is 0 Å². The van der Waals surface area contributed by atoms with Crippen LogP contribution in [0.15, 0.2) is 48.5 Å². The third-order valence-corrected chi connectivity index (χ3v) is 3.54. The summed E-state index contributed by atoms with van der Waals surface area (Å²) in [5.41, 5.74) is 10.6. The Bertz CT molecular complexity index is 806. The van der Waals surface area contributed by atoms with Crippen molar-refractivity contribution in [2.45, 2.75) is 13.8 Å². The van der Waals surface area contributed by atoms with Crippen LogP contribution in [0.5, 0.6) is 0 Å². The van der Waals surface area contributed by atoms with Crippen molar-refractivity contribution in [2.75, 3.05) is 5.73 Å². The quantitative estimate of drug-likeness (QED) is 0.774. The van der Waals surface area contributed by atoms with E-state index in [4.69, 9.17) is 5.73 Å². The lowest BCUT2D eigenvalue weighted by molar-refractivity contribution is 0.627. The fourth-order valence-electron chi connectivity index (χ4n) is 2.44. The van der Waals surface area contributed by atoms with E-state index in [1.54, 1.807) is 10.7 Å². The van der Waals surface area contributed by atoms with E-state index in [0.717, 1.165) is 28.1 Å². The van der Waals surface area contributed by atoms with E-state index in [0.29, 0.717) is 5.82 Å². The molecule has 1 aromatic heterocycles. The third kappa shape index (κ3) is 2.40. The summed E-state index contributed by atoms with van der Waals surface area (Å²) in [6, 6.07) is 14.4. The van der Waals surface area contributed by atoms with Gasteiger partial charge in [-0.1, -0.05) is 18.2 Å². The lowest BCUT2D eigenvalue weighted by Crippen LogP contribution is -2.03. The van der Waals surface area contributed by atoms with Gasteiger partial charge in [0.15, 0.2) is 0 Å². The first-order valence-corrected chi connectivity index (χ1v) is 6.74. The van der Waals surface area contributed by atoms with Gasteiger partial charge in [0.25, 0.3) is 0 Å². The molecule has 0 saturated heterocycles. The number of benzene rings is 2. The fraction of sp³-hybridized carbons (Fsp3) is 0.118. The number of anilines is 1. The highest BCUT2D eigenvalue weighted by molar-refractivity contribution is 5.67. The van der Waals surface area contributed by atoms with Crippen LogP contribution >= 0.6 is 0 Å². The fourth-order valence-corrected chi connectivity index (χ4v) is 2.44. The molecule has 0 atom stereocenters. The number of aryl methyl sites for hydroxylation is 2. The van der Waals surface area contributed by atoms with E-state index in [1.807, 2.05) is 44.2 Å². The van der Waals surface area contributed by atoms with E-state index in [2.05, 4.69) is 5.10 Å². The normalized spacial score (nSPS) is 10.8. The van der Waals surface area contributed by atoms with E-state index in [1.165, 1.54) is 12.1 Å². The van der Waals surface area contributed by atoms with Gasteiger partial charge < -0.3 is 5.73 Å². The van der Waals surface area contributed by atoms with E-state index in [9.17, 15) is 4.39 Å². The summed E-state index contributed by atoms with van der Waals surface area (Å²) < 4.78 is 14.9. The van der Waals surface area contributed by atoms with Crippen molar-refractivity contribution in [1.29, 1.82) is 0 Å². The Morgan fingerprint density at radius 3 is 2.48 bits per heavy atom. The highest BCUT2D eigenvalue weighted by Crippen LogP contribution is 2.27. The minimum Gasteiger partial charge on any atom is -0.384 e. The lowest BCUT2D eigenvalue weighted by Gasteiger charge is -2.07. The number of nitrogen functional groups attached to an aromatic ring is 1. The van der Waals surface area contributed by atoms with Crippen LogP contribution in [0.3, 0.4) is 0 Å². The zero-order valence-electron chi connectivity index (χ0n) is 12.0. The Morgan fingerprint density at radius 2 is 1.76 bits per heavy atom. The molecule has 0 aliphatic heterocycles. The molecule has 4 heteroatoms. The first kappa shape index (κ1) is 13.4. The highest BCUT2D eigenvalue weighted by Gasteiger charge is 2.12. The predicted octanol–water partition coefficient (Wildman–Crippen LogP) is 3.88. The van der Waals surface area contributed by atoms with Gasteiger partial charge in [-0.25, -0.2) is 9.07 Å². The maximum Gasteiger partial charge on any atom is 0.127 e. The number of aromatic nitrogens is 2. The average molecular weight is 281 g/mol. The minimum atomic E-state index is -0.248. The third-order valence-electron chi connectivity index (χ3n) is 3.54. The van der Waals surface area contributed by atoms with Crippen LogP contribution in [-0.4, -0.2) is 9.78 Å². The van der Waals surface area contributed by atoms with E-state index < -0.39 is 0 Å². The van der Waals surface area contributed by atoms with Crippen molar-refractivity contribution < 1.29 is 4.39 Å². The number of halogens is 1. The number of nitrogens with zero attached hydrogens (tertiary/aromatic N) is 2. The second kappa shape index (κ2) is 5.05. The summed E-state index contributed by atoms with van der Waals surface area (Å²) in [6.45, 7) is 3.88.